The highest BCUT2D eigenvalue weighted by atomic mass is 32.1. The summed E-state index contributed by atoms with van der Waals surface area (Å²) in [7, 11) is 2.70. The van der Waals surface area contributed by atoms with E-state index in [0.29, 0.717) is 21.1 Å². The number of thiazole rings is 1. The van der Waals surface area contributed by atoms with Crippen LogP contribution in [-0.4, -0.2) is 55.7 Å². The number of amides is 1. The summed E-state index contributed by atoms with van der Waals surface area (Å²) >= 11 is 1.05. The Hall–Kier alpha value is -2.46. The molecule has 0 spiro atoms. The number of alkyl halides is 3. The van der Waals surface area contributed by atoms with Crippen molar-refractivity contribution in [2.24, 2.45) is 0 Å². The second-order valence-corrected chi connectivity index (χ2v) is 6.80. The topological polar surface area (TPSA) is 68.7 Å². The quantitative estimate of drug-likeness (QED) is 0.647. The molecule has 28 heavy (non-hydrogen) atoms. The number of hydrogen-bond donors (Lipinski definition) is 0. The molecule has 1 heterocycles. The van der Waals surface area contributed by atoms with Crippen molar-refractivity contribution in [3.05, 3.63) is 40.4 Å². The van der Waals surface area contributed by atoms with Crippen molar-refractivity contribution < 1.29 is 32.2 Å². The molecule has 0 fully saturated rings. The lowest BCUT2D eigenvalue weighted by atomic mass is 10.1. The van der Waals surface area contributed by atoms with E-state index in [9.17, 15) is 22.8 Å². The highest BCUT2D eigenvalue weighted by Crippen LogP contribution is 2.33. The maximum atomic E-state index is 12.8. The number of esters is 1. The fourth-order valence-corrected chi connectivity index (χ4v) is 3.38. The van der Waals surface area contributed by atoms with Crippen molar-refractivity contribution in [3.63, 3.8) is 0 Å². The van der Waals surface area contributed by atoms with E-state index in [4.69, 9.17) is 4.74 Å². The lowest BCUT2D eigenvalue weighted by Crippen LogP contribution is -2.38. The molecule has 1 amide bonds. The van der Waals surface area contributed by atoms with Crippen LogP contribution in [-0.2, 0) is 20.4 Å². The number of rotatable bonds is 7. The van der Waals surface area contributed by atoms with Crippen LogP contribution in [0.1, 0.15) is 20.9 Å². The second-order valence-electron chi connectivity index (χ2n) is 5.80. The van der Waals surface area contributed by atoms with Crippen LogP contribution in [0.3, 0.4) is 0 Å². The van der Waals surface area contributed by atoms with Gasteiger partial charge in [-0.05, 0) is 19.1 Å². The Bertz CT molecular complexity index is 834. The maximum Gasteiger partial charge on any atom is 0.416 e. The second kappa shape index (κ2) is 9.16. The molecule has 0 unspecified atom stereocenters. The van der Waals surface area contributed by atoms with Gasteiger partial charge in [0.1, 0.15) is 16.4 Å². The lowest BCUT2D eigenvalue weighted by molar-refractivity contribution is -0.141. The van der Waals surface area contributed by atoms with Crippen molar-refractivity contribution >= 4 is 23.2 Å². The van der Waals surface area contributed by atoms with Gasteiger partial charge in [-0.3, -0.25) is 9.59 Å². The van der Waals surface area contributed by atoms with Gasteiger partial charge in [0.05, 0.1) is 25.0 Å². The highest BCUT2D eigenvalue weighted by molar-refractivity contribution is 7.17. The zero-order chi connectivity index (χ0) is 20.9. The van der Waals surface area contributed by atoms with Crippen molar-refractivity contribution in [1.29, 1.82) is 0 Å². The monoisotopic (exact) mass is 416 g/mol. The summed E-state index contributed by atoms with van der Waals surface area (Å²) in [5.41, 5.74) is 0.137. The molecule has 0 aliphatic carbocycles. The van der Waals surface area contributed by atoms with Gasteiger partial charge < -0.3 is 14.4 Å². The van der Waals surface area contributed by atoms with E-state index in [-0.39, 0.29) is 19.7 Å². The van der Waals surface area contributed by atoms with E-state index in [1.54, 1.807) is 6.92 Å². The number of ether oxygens (including phenoxy) is 2. The van der Waals surface area contributed by atoms with Gasteiger partial charge in [-0.1, -0.05) is 12.1 Å². The molecule has 0 bridgehead atoms. The third-order valence-corrected chi connectivity index (χ3v) is 5.04. The summed E-state index contributed by atoms with van der Waals surface area (Å²) in [5.74, 6) is -0.995. The number of hydrogen-bond acceptors (Lipinski definition) is 6. The van der Waals surface area contributed by atoms with Gasteiger partial charge in [0.25, 0.3) is 5.91 Å². The Labute approximate surface area is 163 Å². The zero-order valence-electron chi connectivity index (χ0n) is 15.5. The van der Waals surface area contributed by atoms with E-state index in [0.717, 1.165) is 23.5 Å². The van der Waals surface area contributed by atoms with E-state index in [1.807, 2.05) is 0 Å². The maximum absolute atomic E-state index is 12.8. The minimum atomic E-state index is -4.42. The molecule has 1 aromatic heterocycles. The molecule has 2 aromatic rings. The molecule has 2 rings (SSSR count). The van der Waals surface area contributed by atoms with Gasteiger partial charge in [-0.2, -0.15) is 13.2 Å². The molecule has 0 saturated heterocycles. The molecular formula is C18H19F3N2O4S. The molecule has 152 valence electrons. The number of carbonyl (C=O) groups is 2. The van der Waals surface area contributed by atoms with E-state index in [2.05, 4.69) is 9.72 Å². The van der Waals surface area contributed by atoms with Gasteiger partial charge in [-0.15, -0.1) is 11.3 Å². The van der Waals surface area contributed by atoms with Crippen LogP contribution in [0.4, 0.5) is 13.2 Å². The number of aryl methyl sites for hydroxylation is 1. The summed E-state index contributed by atoms with van der Waals surface area (Å²) in [5, 5.41) is 0.416. The first-order chi connectivity index (χ1) is 13.2. The van der Waals surface area contributed by atoms with Gasteiger partial charge in [0.15, 0.2) is 0 Å². The van der Waals surface area contributed by atoms with Gasteiger partial charge >= 0.3 is 12.1 Å². The summed E-state index contributed by atoms with van der Waals surface area (Å²) in [6, 6.07) is 4.56. The molecule has 10 heteroatoms. The number of benzene rings is 1. The molecule has 0 radical (unpaired) electrons. The molecule has 0 saturated carbocycles. The molecule has 0 N–H and O–H groups in total. The van der Waals surface area contributed by atoms with Crippen LogP contribution >= 0.6 is 11.3 Å². The van der Waals surface area contributed by atoms with Crippen LogP contribution < -0.4 is 0 Å². The minimum absolute atomic E-state index is 0.178. The average Bonchev–Trinajstić information content (AvgIpc) is 3.05. The first-order valence-corrected chi connectivity index (χ1v) is 8.99. The molecule has 6 nitrogen and oxygen atoms in total. The van der Waals surface area contributed by atoms with Crippen LogP contribution in [0, 0.1) is 6.92 Å². The van der Waals surface area contributed by atoms with Gasteiger partial charge in [-0.25, -0.2) is 4.98 Å². The van der Waals surface area contributed by atoms with Crippen molar-refractivity contribution in [1.82, 2.24) is 9.88 Å². The summed E-state index contributed by atoms with van der Waals surface area (Å²) in [6.45, 7) is 1.79. The summed E-state index contributed by atoms with van der Waals surface area (Å²) < 4.78 is 47.7. The minimum Gasteiger partial charge on any atom is -0.468 e. The molecule has 1 aromatic carbocycles. The third-order valence-electron chi connectivity index (χ3n) is 3.85. The number of halogens is 3. The molecule has 0 aliphatic heterocycles. The first kappa shape index (κ1) is 21.8. The Morgan fingerprint density at radius 3 is 2.36 bits per heavy atom. The van der Waals surface area contributed by atoms with Crippen LogP contribution in [0.5, 0.6) is 0 Å². The van der Waals surface area contributed by atoms with Crippen molar-refractivity contribution in [2.45, 2.75) is 13.1 Å². The number of carbonyl (C=O) groups excluding carboxylic acids is 2. The normalized spacial score (nSPS) is 11.4. The Morgan fingerprint density at radius 1 is 1.18 bits per heavy atom. The zero-order valence-corrected chi connectivity index (χ0v) is 16.3. The summed E-state index contributed by atoms with van der Waals surface area (Å²) in [4.78, 5) is 30.3. The average molecular weight is 416 g/mol. The molecule has 0 atom stereocenters. The smallest absolute Gasteiger partial charge is 0.416 e. The lowest BCUT2D eigenvalue weighted by Gasteiger charge is -2.20. The van der Waals surface area contributed by atoms with Crippen LogP contribution in [0.2, 0.25) is 0 Å². The first-order valence-electron chi connectivity index (χ1n) is 8.17. The third kappa shape index (κ3) is 5.29. The SMILES string of the molecule is COCCN(CC(=O)OC)C(=O)c1sc(-c2ccc(C(F)(F)F)cc2)nc1C. The predicted molar refractivity (Wildman–Crippen MR) is 97.1 cm³/mol. The Morgan fingerprint density at radius 2 is 1.82 bits per heavy atom. The Balaban J connectivity index is 2.28. The van der Waals surface area contributed by atoms with Crippen LogP contribution in [0.15, 0.2) is 24.3 Å². The number of aromatic nitrogens is 1. The fourth-order valence-electron chi connectivity index (χ4n) is 2.34. The largest absolute Gasteiger partial charge is 0.468 e. The van der Waals surface area contributed by atoms with Crippen molar-refractivity contribution in [2.75, 3.05) is 33.9 Å². The van der Waals surface area contributed by atoms with E-state index >= 15 is 0 Å². The Kier molecular flexibility index (Phi) is 7.14. The predicted octanol–water partition coefficient (Wildman–Crippen LogP) is 3.40. The fraction of sp³-hybridized carbons (Fsp3) is 0.389. The molecular weight excluding hydrogens is 397 g/mol. The van der Waals surface area contributed by atoms with E-state index < -0.39 is 23.6 Å². The van der Waals surface area contributed by atoms with E-state index in [1.165, 1.54) is 31.3 Å². The summed E-state index contributed by atoms with van der Waals surface area (Å²) in [6.07, 6.45) is -4.42. The number of nitrogens with zero attached hydrogens (tertiary/aromatic N) is 2. The highest BCUT2D eigenvalue weighted by Gasteiger charge is 2.30. The number of methoxy groups -OCH3 is 2. The van der Waals surface area contributed by atoms with Crippen molar-refractivity contribution in [3.8, 4) is 10.6 Å². The van der Waals surface area contributed by atoms with Crippen LogP contribution in [0.25, 0.3) is 10.6 Å². The molecule has 0 aliphatic rings. The van der Waals surface area contributed by atoms with Gasteiger partial charge in [0.2, 0.25) is 0 Å². The van der Waals surface area contributed by atoms with Gasteiger partial charge in [0, 0.05) is 19.2 Å². The standard InChI is InChI=1S/C18H19F3N2O4S/c1-11-15(17(25)23(8-9-26-2)10-14(24)27-3)28-16(22-11)12-4-6-13(7-5-12)18(19,20)21/h4-7H,8-10H2,1-3H3.